The fourth-order valence-corrected chi connectivity index (χ4v) is 1.11. The minimum absolute atomic E-state index is 0.460. The minimum Gasteiger partial charge on any atom is -0.421 e. The Hall–Kier alpha value is -1.82. The van der Waals surface area contributed by atoms with Crippen molar-refractivity contribution >= 4 is 0 Å². The Morgan fingerprint density at radius 1 is 1.27 bits per heavy atom. The molecule has 2 rings (SSSR count). The Kier molecular flexibility index (Phi) is 2.99. The molecule has 1 N–H and O–H groups in total. The van der Waals surface area contributed by atoms with Gasteiger partial charge in [0.1, 0.15) is 6.33 Å². The third kappa shape index (κ3) is 2.35. The van der Waals surface area contributed by atoms with Crippen LogP contribution in [0.3, 0.4) is 0 Å². The van der Waals surface area contributed by atoms with Crippen LogP contribution < -0.4 is 5.32 Å². The van der Waals surface area contributed by atoms with Crippen LogP contribution in [-0.4, -0.2) is 33.8 Å². The lowest BCUT2D eigenvalue weighted by atomic mass is 10.3. The molecule has 2 heterocycles. The maximum atomic E-state index is 5.43. The normalized spacial score (nSPS) is 10.5. The van der Waals surface area contributed by atoms with Crippen LogP contribution in [0.1, 0.15) is 5.89 Å². The molecule has 0 aromatic carbocycles. The summed E-state index contributed by atoms with van der Waals surface area (Å²) in [6, 6.07) is 0. The van der Waals surface area contributed by atoms with Gasteiger partial charge in [0.15, 0.2) is 0 Å². The highest BCUT2D eigenvalue weighted by Crippen LogP contribution is 2.14. The van der Waals surface area contributed by atoms with E-state index in [0.717, 1.165) is 18.5 Å². The van der Waals surface area contributed by atoms with Gasteiger partial charge < -0.3 is 9.73 Å². The lowest BCUT2D eigenvalue weighted by Gasteiger charge is -1.92. The largest absolute Gasteiger partial charge is 0.421 e. The van der Waals surface area contributed by atoms with Gasteiger partial charge in [0, 0.05) is 25.4 Å². The molecule has 0 aliphatic rings. The molecule has 2 aromatic rings. The van der Waals surface area contributed by atoms with Gasteiger partial charge in [-0.25, -0.2) is 9.97 Å². The monoisotopic (exact) mass is 205 g/mol. The molecule has 0 fully saturated rings. The molecule has 15 heavy (non-hydrogen) atoms. The molecule has 0 bridgehead atoms. The maximum absolute atomic E-state index is 5.43. The van der Waals surface area contributed by atoms with E-state index in [1.165, 1.54) is 6.33 Å². The summed E-state index contributed by atoms with van der Waals surface area (Å²) in [4.78, 5) is 7.76. The van der Waals surface area contributed by atoms with Crippen LogP contribution in [0.5, 0.6) is 0 Å². The van der Waals surface area contributed by atoms with E-state index in [4.69, 9.17) is 4.42 Å². The standard InChI is InChI=1S/C9H11N5O/c1-10-3-2-8-13-14-9(15-8)7-4-11-6-12-5-7/h4-6,10H,2-3H2,1H3. The molecule has 6 heteroatoms. The molecule has 0 atom stereocenters. The van der Waals surface area contributed by atoms with E-state index < -0.39 is 0 Å². The summed E-state index contributed by atoms with van der Waals surface area (Å²) in [7, 11) is 1.88. The van der Waals surface area contributed by atoms with Crippen molar-refractivity contribution in [3.8, 4) is 11.5 Å². The Bertz CT molecular complexity index is 413. The highest BCUT2D eigenvalue weighted by atomic mass is 16.4. The van der Waals surface area contributed by atoms with Crippen molar-refractivity contribution in [2.24, 2.45) is 0 Å². The summed E-state index contributed by atoms with van der Waals surface area (Å²) < 4.78 is 5.43. The van der Waals surface area contributed by atoms with E-state index in [9.17, 15) is 0 Å². The van der Waals surface area contributed by atoms with Crippen molar-refractivity contribution in [3.05, 3.63) is 24.6 Å². The van der Waals surface area contributed by atoms with Crippen LogP contribution in [0.2, 0.25) is 0 Å². The summed E-state index contributed by atoms with van der Waals surface area (Å²) in [6.45, 7) is 0.812. The van der Waals surface area contributed by atoms with Crippen molar-refractivity contribution in [1.82, 2.24) is 25.5 Å². The average molecular weight is 205 g/mol. The Morgan fingerprint density at radius 2 is 2.07 bits per heavy atom. The molecule has 0 unspecified atom stereocenters. The molecule has 0 spiro atoms. The first kappa shape index (κ1) is 9.72. The molecule has 0 radical (unpaired) electrons. The van der Waals surface area contributed by atoms with Crippen molar-refractivity contribution in [2.45, 2.75) is 6.42 Å². The zero-order chi connectivity index (χ0) is 10.5. The summed E-state index contributed by atoms with van der Waals surface area (Å²) in [5.74, 6) is 1.07. The van der Waals surface area contributed by atoms with Crippen LogP contribution in [0.4, 0.5) is 0 Å². The number of rotatable bonds is 4. The quantitative estimate of drug-likeness (QED) is 0.773. The van der Waals surface area contributed by atoms with E-state index >= 15 is 0 Å². The molecule has 78 valence electrons. The molecule has 2 aromatic heterocycles. The van der Waals surface area contributed by atoms with E-state index in [2.05, 4.69) is 25.5 Å². The van der Waals surface area contributed by atoms with E-state index in [1.807, 2.05) is 7.05 Å². The number of nitrogens with one attached hydrogen (secondary N) is 1. The third-order valence-corrected chi connectivity index (χ3v) is 1.86. The first-order chi connectivity index (χ1) is 7.40. The fourth-order valence-electron chi connectivity index (χ4n) is 1.11. The SMILES string of the molecule is CNCCc1nnc(-c2cncnc2)o1. The van der Waals surface area contributed by atoms with E-state index in [1.54, 1.807) is 12.4 Å². The second-order valence-corrected chi connectivity index (χ2v) is 2.98. The van der Waals surface area contributed by atoms with Gasteiger partial charge in [-0.15, -0.1) is 10.2 Å². The Morgan fingerprint density at radius 3 is 2.80 bits per heavy atom. The number of likely N-dealkylation sites (N-methyl/N-ethyl adjacent to an activating group) is 1. The topological polar surface area (TPSA) is 76.7 Å². The van der Waals surface area contributed by atoms with E-state index in [0.29, 0.717) is 11.8 Å². The lowest BCUT2D eigenvalue weighted by Crippen LogP contribution is -2.10. The zero-order valence-corrected chi connectivity index (χ0v) is 8.34. The van der Waals surface area contributed by atoms with Gasteiger partial charge in [0.05, 0.1) is 5.56 Å². The molecular weight excluding hydrogens is 194 g/mol. The Labute approximate surface area is 86.8 Å². The van der Waals surface area contributed by atoms with Gasteiger partial charge in [-0.1, -0.05) is 0 Å². The number of hydrogen-bond acceptors (Lipinski definition) is 6. The molecule has 6 nitrogen and oxygen atoms in total. The molecule has 0 aliphatic carbocycles. The number of aromatic nitrogens is 4. The third-order valence-electron chi connectivity index (χ3n) is 1.86. The van der Waals surface area contributed by atoms with Gasteiger partial charge in [-0.05, 0) is 7.05 Å². The van der Waals surface area contributed by atoms with Crippen LogP contribution in [0.15, 0.2) is 23.1 Å². The highest BCUT2D eigenvalue weighted by molar-refractivity contribution is 5.48. The lowest BCUT2D eigenvalue weighted by molar-refractivity contribution is 0.499. The summed E-state index contributed by atoms with van der Waals surface area (Å²) in [5, 5.41) is 10.8. The van der Waals surface area contributed by atoms with Crippen LogP contribution in [0.25, 0.3) is 11.5 Å². The molecular formula is C9H11N5O. The van der Waals surface area contributed by atoms with Gasteiger partial charge in [-0.3, -0.25) is 0 Å². The molecule has 0 saturated carbocycles. The predicted molar refractivity (Wildman–Crippen MR) is 53.0 cm³/mol. The predicted octanol–water partition coefficient (Wildman–Crippen LogP) is 0.288. The zero-order valence-electron chi connectivity index (χ0n) is 8.34. The molecule has 0 aliphatic heterocycles. The van der Waals surface area contributed by atoms with Crippen molar-refractivity contribution in [1.29, 1.82) is 0 Å². The number of hydrogen-bond donors (Lipinski definition) is 1. The van der Waals surface area contributed by atoms with Crippen molar-refractivity contribution < 1.29 is 4.42 Å². The van der Waals surface area contributed by atoms with Crippen LogP contribution in [-0.2, 0) is 6.42 Å². The van der Waals surface area contributed by atoms with Gasteiger partial charge >= 0.3 is 0 Å². The van der Waals surface area contributed by atoms with Gasteiger partial charge in [-0.2, -0.15) is 0 Å². The average Bonchev–Trinajstić information content (AvgIpc) is 2.76. The maximum Gasteiger partial charge on any atom is 0.250 e. The van der Waals surface area contributed by atoms with Crippen LogP contribution >= 0.6 is 0 Å². The van der Waals surface area contributed by atoms with Gasteiger partial charge in [0.2, 0.25) is 5.89 Å². The summed E-state index contributed by atoms with van der Waals surface area (Å²) in [6.07, 6.45) is 5.46. The molecule has 0 amide bonds. The van der Waals surface area contributed by atoms with Crippen molar-refractivity contribution in [3.63, 3.8) is 0 Å². The van der Waals surface area contributed by atoms with Crippen molar-refractivity contribution in [2.75, 3.05) is 13.6 Å². The summed E-state index contributed by atoms with van der Waals surface area (Å²) in [5.41, 5.74) is 0.737. The number of nitrogens with zero attached hydrogens (tertiary/aromatic N) is 4. The second-order valence-electron chi connectivity index (χ2n) is 2.98. The fraction of sp³-hybridized carbons (Fsp3) is 0.333. The van der Waals surface area contributed by atoms with Gasteiger partial charge in [0.25, 0.3) is 5.89 Å². The highest BCUT2D eigenvalue weighted by Gasteiger charge is 2.07. The second kappa shape index (κ2) is 4.61. The minimum atomic E-state index is 0.460. The summed E-state index contributed by atoms with van der Waals surface area (Å²) >= 11 is 0. The first-order valence-corrected chi connectivity index (χ1v) is 4.62. The smallest absolute Gasteiger partial charge is 0.250 e. The Balaban J connectivity index is 2.14. The van der Waals surface area contributed by atoms with E-state index in [-0.39, 0.29) is 0 Å². The van der Waals surface area contributed by atoms with Crippen LogP contribution in [0, 0.1) is 0 Å². The first-order valence-electron chi connectivity index (χ1n) is 4.62. The molecule has 0 saturated heterocycles.